The van der Waals surface area contributed by atoms with Crippen LogP contribution in [0.1, 0.15) is 31.9 Å². The molecule has 0 atom stereocenters. The van der Waals surface area contributed by atoms with Gasteiger partial charge in [0.05, 0.1) is 11.3 Å². The second kappa shape index (κ2) is 9.34. The third kappa shape index (κ3) is 4.33. The lowest BCUT2D eigenvalue weighted by molar-refractivity contribution is 0.509. The van der Waals surface area contributed by atoms with Crippen LogP contribution in [0.15, 0.2) is 65.3 Å². The van der Waals surface area contributed by atoms with Gasteiger partial charge >= 0.3 is 0 Å². The third-order valence-electron chi connectivity index (χ3n) is 4.04. The van der Waals surface area contributed by atoms with Gasteiger partial charge in [-0.05, 0) is 46.6 Å². The second-order valence-electron chi connectivity index (χ2n) is 5.56. The van der Waals surface area contributed by atoms with Gasteiger partial charge in [0.1, 0.15) is 11.6 Å². The molecule has 2 aromatic rings. The highest BCUT2D eigenvalue weighted by molar-refractivity contribution is 9.12. The molecule has 0 aromatic heterocycles. The molecular weight excluding hydrogens is 432 g/mol. The Bertz CT molecular complexity index is 881. The quantitative estimate of drug-likeness (QED) is 0.462. The molecule has 27 heavy (non-hydrogen) atoms. The van der Waals surface area contributed by atoms with Gasteiger partial charge in [-0.1, -0.05) is 62.4 Å². The Labute approximate surface area is 172 Å². The van der Waals surface area contributed by atoms with E-state index in [1.54, 1.807) is 4.90 Å². The van der Waals surface area contributed by atoms with Gasteiger partial charge in [-0.3, -0.25) is 0 Å². The summed E-state index contributed by atoms with van der Waals surface area (Å²) in [6.45, 7) is 10.5. The molecule has 0 amide bonds. The summed E-state index contributed by atoms with van der Waals surface area (Å²) in [6.07, 6.45) is 1.84. The highest BCUT2D eigenvalue weighted by Gasteiger charge is 2.28. The molecule has 0 saturated carbocycles. The van der Waals surface area contributed by atoms with Crippen molar-refractivity contribution in [1.29, 1.82) is 0 Å². The van der Waals surface area contributed by atoms with Crippen LogP contribution in [0, 0.1) is 11.6 Å². The van der Waals surface area contributed by atoms with Crippen molar-refractivity contribution in [2.24, 2.45) is 0 Å². The molecule has 1 heterocycles. The highest BCUT2D eigenvalue weighted by Crippen LogP contribution is 2.42. The zero-order chi connectivity index (χ0) is 20.1. The molecule has 0 N–H and O–H groups in total. The summed E-state index contributed by atoms with van der Waals surface area (Å²) in [7, 11) is 0. The molecule has 0 fully saturated rings. The molecule has 2 aromatic carbocycles. The highest BCUT2D eigenvalue weighted by atomic mass is 79.9. The SMILES string of the molecule is C=C1C(Br)=CC(c2ccccc2)=C(c2c(F)cc(Cl)cc2F)N1CC.CC. The van der Waals surface area contributed by atoms with Crippen molar-refractivity contribution in [2.75, 3.05) is 6.54 Å². The number of nitrogens with zero attached hydrogens (tertiary/aromatic N) is 1. The molecule has 0 spiro atoms. The van der Waals surface area contributed by atoms with E-state index >= 15 is 0 Å². The van der Waals surface area contributed by atoms with Crippen LogP contribution in [-0.4, -0.2) is 11.4 Å². The van der Waals surface area contributed by atoms with E-state index in [1.165, 1.54) is 0 Å². The lowest BCUT2D eigenvalue weighted by Gasteiger charge is -2.34. The number of hydrogen-bond donors (Lipinski definition) is 0. The number of hydrogen-bond acceptors (Lipinski definition) is 1. The average molecular weight is 453 g/mol. The van der Waals surface area contributed by atoms with Crippen molar-refractivity contribution in [3.63, 3.8) is 0 Å². The minimum atomic E-state index is -0.703. The Morgan fingerprint density at radius 3 is 2.15 bits per heavy atom. The van der Waals surface area contributed by atoms with Crippen molar-refractivity contribution in [1.82, 2.24) is 4.90 Å². The van der Waals surface area contributed by atoms with Crippen molar-refractivity contribution in [3.8, 4) is 0 Å². The molecule has 1 aliphatic heterocycles. The zero-order valence-corrected chi connectivity index (χ0v) is 17.8. The van der Waals surface area contributed by atoms with Gasteiger partial charge in [0, 0.05) is 27.3 Å². The summed E-state index contributed by atoms with van der Waals surface area (Å²) < 4.78 is 30.1. The summed E-state index contributed by atoms with van der Waals surface area (Å²) in [4.78, 5) is 1.79. The first kappa shape index (κ1) is 21.4. The maximum absolute atomic E-state index is 14.7. The zero-order valence-electron chi connectivity index (χ0n) is 15.5. The standard InChI is InChI=1S/C20H15BrClF2N.C2H6/c1-3-25-12(2)16(21)11-15(13-7-5-4-6-8-13)20(25)19-17(23)9-14(22)10-18(19)24;1-2/h4-11H,2-3H2,1H3;1-2H3. The molecule has 1 aliphatic rings. The predicted octanol–water partition coefficient (Wildman–Crippen LogP) is 7.64. The van der Waals surface area contributed by atoms with Crippen LogP contribution in [0.4, 0.5) is 8.78 Å². The van der Waals surface area contributed by atoms with E-state index in [0.717, 1.165) is 22.2 Å². The van der Waals surface area contributed by atoms with Crippen LogP contribution in [0.3, 0.4) is 0 Å². The first-order valence-electron chi connectivity index (χ1n) is 8.72. The Morgan fingerprint density at radius 2 is 1.63 bits per heavy atom. The molecule has 0 unspecified atom stereocenters. The largest absolute Gasteiger partial charge is 0.340 e. The maximum atomic E-state index is 14.7. The number of halogens is 4. The normalized spacial score (nSPS) is 14.0. The number of rotatable bonds is 3. The number of allylic oxidation sites excluding steroid dienone is 3. The topological polar surface area (TPSA) is 3.24 Å². The molecule has 1 nitrogen and oxygen atoms in total. The fraction of sp³-hybridized carbons (Fsp3) is 0.182. The third-order valence-corrected chi connectivity index (χ3v) is 4.95. The minimum Gasteiger partial charge on any atom is -0.340 e. The summed E-state index contributed by atoms with van der Waals surface area (Å²) >= 11 is 9.29. The smallest absolute Gasteiger partial charge is 0.136 e. The molecule has 0 radical (unpaired) electrons. The van der Waals surface area contributed by atoms with E-state index in [-0.39, 0.29) is 10.6 Å². The van der Waals surface area contributed by atoms with E-state index in [4.69, 9.17) is 11.6 Å². The van der Waals surface area contributed by atoms with Crippen LogP contribution in [-0.2, 0) is 0 Å². The summed E-state index contributed by atoms with van der Waals surface area (Å²) in [6, 6.07) is 11.7. The average Bonchev–Trinajstić information content (AvgIpc) is 2.66. The fourth-order valence-corrected chi connectivity index (χ4v) is 3.55. The fourth-order valence-electron chi connectivity index (χ4n) is 2.91. The predicted molar refractivity (Wildman–Crippen MR) is 115 cm³/mol. The Morgan fingerprint density at radius 1 is 1.07 bits per heavy atom. The van der Waals surface area contributed by atoms with Crippen molar-refractivity contribution in [3.05, 3.63) is 93.1 Å². The summed E-state index contributed by atoms with van der Waals surface area (Å²) in [5, 5.41) is 0.0232. The van der Waals surface area contributed by atoms with E-state index in [9.17, 15) is 8.78 Å². The van der Waals surface area contributed by atoms with E-state index in [2.05, 4.69) is 22.5 Å². The molecule has 0 bridgehead atoms. The van der Waals surface area contributed by atoms with Gasteiger partial charge < -0.3 is 4.90 Å². The van der Waals surface area contributed by atoms with Gasteiger partial charge in [0.2, 0.25) is 0 Å². The lowest BCUT2D eigenvalue weighted by Crippen LogP contribution is -2.25. The maximum Gasteiger partial charge on any atom is 0.136 e. The van der Waals surface area contributed by atoms with Gasteiger partial charge in [-0.25, -0.2) is 8.78 Å². The van der Waals surface area contributed by atoms with Crippen LogP contribution in [0.5, 0.6) is 0 Å². The van der Waals surface area contributed by atoms with Gasteiger partial charge in [-0.15, -0.1) is 0 Å². The summed E-state index contributed by atoms with van der Waals surface area (Å²) in [5.74, 6) is -1.41. The minimum absolute atomic E-state index is 0.0232. The molecule has 0 saturated heterocycles. The van der Waals surface area contributed by atoms with Gasteiger partial charge in [0.25, 0.3) is 0 Å². The van der Waals surface area contributed by atoms with E-state index in [0.29, 0.717) is 23.5 Å². The first-order valence-corrected chi connectivity index (χ1v) is 9.89. The number of likely N-dealkylation sites (N-methyl/N-ethyl adjacent to an activating group) is 1. The monoisotopic (exact) mass is 451 g/mol. The Balaban J connectivity index is 0.00000126. The van der Waals surface area contributed by atoms with Crippen molar-refractivity contribution >= 4 is 38.8 Å². The molecular formula is C22H21BrClF2N. The van der Waals surface area contributed by atoms with Crippen molar-refractivity contribution in [2.45, 2.75) is 20.8 Å². The van der Waals surface area contributed by atoms with Crippen LogP contribution in [0.2, 0.25) is 5.02 Å². The van der Waals surface area contributed by atoms with Crippen LogP contribution < -0.4 is 0 Å². The Hall–Kier alpha value is -1.91. The van der Waals surface area contributed by atoms with Crippen LogP contribution in [0.25, 0.3) is 11.3 Å². The van der Waals surface area contributed by atoms with E-state index in [1.807, 2.05) is 57.2 Å². The van der Waals surface area contributed by atoms with Crippen molar-refractivity contribution < 1.29 is 8.78 Å². The van der Waals surface area contributed by atoms with Crippen LogP contribution >= 0.6 is 27.5 Å². The Kier molecular flexibility index (Phi) is 7.40. The lowest BCUT2D eigenvalue weighted by atomic mass is 9.94. The molecule has 3 rings (SSSR count). The molecule has 0 aliphatic carbocycles. The number of benzene rings is 2. The second-order valence-corrected chi connectivity index (χ2v) is 6.85. The first-order chi connectivity index (χ1) is 12.9. The van der Waals surface area contributed by atoms with Gasteiger partial charge in [0.15, 0.2) is 0 Å². The van der Waals surface area contributed by atoms with E-state index < -0.39 is 11.6 Å². The van der Waals surface area contributed by atoms with Gasteiger partial charge in [-0.2, -0.15) is 0 Å². The molecule has 5 heteroatoms. The molecule has 142 valence electrons. The summed E-state index contributed by atoms with van der Waals surface area (Å²) in [5.41, 5.74) is 2.54.